The highest BCUT2D eigenvalue weighted by Gasteiger charge is 2.13. The van der Waals surface area contributed by atoms with Crippen molar-refractivity contribution in [3.8, 4) is 0 Å². The summed E-state index contributed by atoms with van der Waals surface area (Å²) in [7, 11) is 0. The Balaban J connectivity index is 1.88. The first-order valence-electron chi connectivity index (χ1n) is 7.77. The van der Waals surface area contributed by atoms with Crippen LogP contribution in [0.1, 0.15) is 29.9 Å². The summed E-state index contributed by atoms with van der Waals surface area (Å²) < 4.78 is 0. The lowest BCUT2D eigenvalue weighted by molar-refractivity contribution is 0.0767. The largest absolute Gasteiger partial charge is 0.383 e. The Hall–Kier alpha value is -2.36. The van der Waals surface area contributed by atoms with Crippen LogP contribution in [0, 0.1) is 0 Å². The van der Waals surface area contributed by atoms with E-state index in [-0.39, 0.29) is 5.91 Å². The molecule has 0 unspecified atom stereocenters. The highest BCUT2D eigenvalue weighted by Crippen LogP contribution is 2.09. The number of nitrogens with one attached hydrogen (secondary N) is 1. The lowest BCUT2D eigenvalue weighted by atomic mass is 10.1. The number of amides is 1. The Morgan fingerprint density at radius 1 is 1.09 bits per heavy atom. The molecular weight excluding hydrogens is 274 g/mol. The second-order valence-electron chi connectivity index (χ2n) is 5.07. The molecule has 0 fully saturated rings. The number of carbonyl (C=O) groups is 1. The quantitative estimate of drug-likeness (QED) is 0.853. The van der Waals surface area contributed by atoms with Gasteiger partial charge in [-0.25, -0.2) is 4.98 Å². The summed E-state index contributed by atoms with van der Waals surface area (Å²) in [4.78, 5) is 18.2. The maximum absolute atomic E-state index is 12.2. The molecule has 1 heterocycles. The van der Waals surface area contributed by atoms with Gasteiger partial charge in [-0.2, -0.15) is 0 Å². The average molecular weight is 297 g/mol. The lowest BCUT2D eigenvalue weighted by Crippen LogP contribution is -2.31. The third-order valence-corrected chi connectivity index (χ3v) is 3.62. The third kappa shape index (κ3) is 4.32. The summed E-state index contributed by atoms with van der Waals surface area (Å²) in [5.41, 5.74) is 2.74. The van der Waals surface area contributed by atoms with Crippen molar-refractivity contribution < 1.29 is 4.79 Å². The number of carbonyl (C=O) groups excluding carboxylic acids is 1. The normalized spacial score (nSPS) is 10.3. The Bertz CT molecular complexity index is 577. The lowest BCUT2D eigenvalue weighted by Gasteiger charge is -2.18. The molecule has 0 bridgehead atoms. The molecule has 0 spiro atoms. The number of hydrogen-bond donors (Lipinski definition) is 1. The standard InChI is InChI=1S/C18H23N3O/c1-3-21(4-2)18(22)17-11-10-16(14-20-17)19-13-12-15-8-6-5-7-9-15/h5-11,14,19H,3-4,12-13H2,1-2H3. The van der Waals surface area contributed by atoms with Crippen molar-refractivity contribution in [2.45, 2.75) is 20.3 Å². The number of aromatic nitrogens is 1. The van der Waals surface area contributed by atoms with Crippen LogP contribution >= 0.6 is 0 Å². The molecule has 0 aliphatic carbocycles. The van der Waals surface area contributed by atoms with Crippen LogP contribution in [-0.4, -0.2) is 35.4 Å². The van der Waals surface area contributed by atoms with E-state index in [0.717, 1.165) is 18.7 Å². The van der Waals surface area contributed by atoms with Gasteiger partial charge < -0.3 is 10.2 Å². The van der Waals surface area contributed by atoms with Gasteiger partial charge >= 0.3 is 0 Å². The highest BCUT2D eigenvalue weighted by molar-refractivity contribution is 5.92. The van der Waals surface area contributed by atoms with Crippen LogP contribution in [0.2, 0.25) is 0 Å². The Morgan fingerprint density at radius 3 is 2.41 bits per heavy atom. The second kappa shape index (κ2) is 8.17. The molecule has 116 valence electrons. The molecule has 0 atom stereocenters. The van der Waals surface area contributed by atoms with Gasteiger partial charge in [0.05, 0.1) is 11.9 Å². The van der Waals surface area contributed by atoms with E-state index in [9.17, 15) is 4.79 Å². The van der Waals surface area contributed by atoms with Gasteiger partial charge in [-0.3, -0.25) is 4.79 Å². The molecule has 4 nitrogen and oxygen atoms in total. The summed E-state index contributed by atoms with van der Waals surface area (Å²) in [6.07, 6.45) is 2.68. The van der Waals surface area contributed by atoms with Crippen molar-refractivity contribution >= 4 is 11.6 Å². The average Bonchev–Trinajstić information content (AvgIpc) is 2.57. The number of pyridine rings is 1. The molecule has 1 aromatic heterocycles. The zero-order valence-corrected chi connectivity index (χ0v) is 13.2. The van der Waals surface area contributed by atoms with E-state index in [4.69, 9.17) is 0 Å². The minimum Gasteiger partial charge on any atom is -0.383 e. The molecule has 1 amide bonds. The van der Waals surface area contributed by atoms with Gasteiger partial charge in [-0.05, 0) is 38.0 Å². The first kappa shape index (κ1) is 16.0. The summed E-state index contributed by atoms with van der Waals surface area (Å²) in [6.45, 7) is 6.19. The van der Waals surface area contributed by atoms with Gasteiger partial charge in [0.1, 0.15) is 5.69 Å². The van der Waals surface area contributed by atoms with Crippen LogP contribution < -0.4 is 5.32 Å². The van der Waals surface area contributed by atoms with Crippen molar-refractivity contribution in [1.29, 1.82) is 0 Å². The number of rotatable bonds is 7. The molecule has 0 aliphatic heterocycles. The molecule has 0 saturated carbocycles. The smallest absolute Gasteiger partial charge is 0.272 e. The Kier molecular flexibility index (Phi) is 5.95. The number of nitrogens with zero attached hydrogens (tertiary/aromatic N) is 2. The minimum atomic E-state index is -0.0131. The minimum absolute atomic E-state index is 0.0131. The molecule has 22 heavy (non-hydrogen) atoms. The van der Waals surface area contributed by atoms with Gasteiger partial charge in [0.15, 0.2) is 0 Å². The number of benzene rings is 1. The zero-order valence-electron chi connectivity index (χ0n) is 13.2. The van der Waals surface area contributed by atoms with Crippen molar-refractivity contribution in [3.63, 3.8) is 0 Å². The molecule has 2 aromatic rings. The fraction of sp³-hybridized carbons (Fsp3) is 0.333. The van der Waals surface area contributed by atoms with Crippen LogP contribution in [0.5, 0.6) is 0 Å². The van der Waals surface area contributed by atoms with Gasteiger partial charge in [-0.15, -0.1) is 0 Å². The highest BCUT2D eigenvalue weighted by atomic mass is 16.2. The zero-order chi connectivity index (χ0) is 15.8. The van der Waals surface area contributed by atoms with Gasteiger partial charge in [0.25, 0.3) is 5.91 Å². The summed E-state index contributed by atoms with van der Waals surface area (Å²) in [6, 6.07) is 14.0. The fourth-order valence-electron chi connectivity index (χ4n) is 2.29. The van der Waals surface area contributed by atoms with E-state index in [1.54, 1.807) is 17.2 Å². The topological polar surface area (TPSA) is 45.2 Å². The summed E-state index contributed by atoms with van der Waals surface area (Å²) >= 11 is 0. The Morgan fingerprint density at radius 2 is 1.82 bits per heavy atom. The predicted molar refractivity (Wildman–Crippen MR) is 90.1 cm³/mol. The van der Waals surface area contributed by atoms with Crippen LogP contribution in [0.25, 0.3) is 0 Å². The van der Waals surface area contributed by atoms with E-state index in [2.05, 4.69) is 22.4 Å². The van der Waals surface area contributed by atoms with Crippen LogP contribution in [0.15, 0.2) is 48.7 Å². The van der Waals surface area contributed by atoms with E-state index < -0.39 is 0 Å². The molecule has 2 rings (SSSR count). The van der Waals surface area contributed by atoms with Crippen LogP contribution in [-0.2, 0) is 6.42 Å². The molecular formula is C18H23N3O. The van der Waals surface area contributed by atoms with E-state index >= 15 is 0 Å². The van der Waals surface area contributed by atoms with Crippen molar-refractivity contribution in [2.24, 2.45) is 0 Å². The predicted octanol–water partition coefficient (Wildman–Crippen LogP) is 3.22. The Labute approximate surface area is 132 Å². The third-order valence-electron chi connectivity index (χ3n) is 3.62. The summed E-state index contributed by atoms with van der Waals surface area (Å²) in [5.74, 6) is -0.0131. The first-order valence-corrected chi connectivity index (χ1v) is 7.77. The maximum atomic E-state index is 12.2. The molecule has 0 aliphatic rings. The van der Waals surface area contributed by atoms with E-state index in [1.165, 1.54) is 5.56 Å². The van der Waals surface area contributed by atoms with Crippen molar-refractivity contribution in [3.05, 3.63) is 59.9 Å². The second-order valence-corrected chi connectivity index (χ2v) is 5.07. The van der Waals surface area contributed by atoms with Crippen molar-refractivity contribution in [1.82, 2.24) is 9.88 Å². The first-order chi connectivity index (χ1) is 10.7. The van der Waals surface area contributed by atoms with Crippen LogP contribution in [0.4, 0.5) is 5.69 Å². The van der Waals surface area contributed by atoms with E-state index in [1.807, 2.05) is 38.1 Å². The monoisotopic (exact) mass is 297 g/mol. The molecule has 1 aromatic carbocycles. The molecule has 4 heteroatoms. The molecule has 1 N–H and O–H groups in total. The SMILES string of the molecule is CCN(CC)C(=O)c1ccc(NCCc2ccccc2)cn1. The van der Waals surface area contributed by atoms with Gasteiger partial charge in [0, 0.05) is 19.6 Å². The van der Waals surface area contributed by atoms with Crippen molar-refractivity contribution in [2.75, 3.05) is 25.0 Å². The molecule has 0 radical (unpaired) electrons. The maximum Gasteiger partial charge on any atom is 0.272 e. The van der Waals surface area contributed by atoms with Crippen LogP contribution in [0.3, 0.4) is 0 Å². The number of anilines is 1. The van der Waals surface area contributed by atoms with E-state index in [0.29, 0.717) is 18.8 Å². The van der Waals surface area contributed by atoms with Gasteiger partial charge in [0.2, 0.25) is 0 Å². The van der Waals surface area contributed by atoms with Gasteiger partial charge in [-0.1, -0.05) is 30.3 Å². The fourth-order valence-corrected chi connectivity index (χ4v) is 2.29. The summed E-state index contributed by atoms with van der Waals surface area (Å²) in [5, 5.41) is 3.33. The molecule has 0 saturated heterocycles. The number of hydrogen-bond acceptors (Lipinski definition) is 3.